The van der Waals surface area contributed by atoms with E-state index in [1.807, 2.05) is 20.8 Å². The van der Waals surface area contributed by atoms with Crippen molar-refractivity contribution in [3.8, 4) is 0 Å². The number of aliphatic hydroxyl groups is 1. The summed E-state index contributed by atoms with van der Waals surface area (Å²) < 4.78 is 0. The summed E-state index contributed by atoms with van der Waals surface area (Å²) in [6.45, 7) is 6.87. The molecular weight excluding hydrogens is 204 g/mol. The number of aryl methyl sites for hydroxylation is 1. The normalized spacial score (nSPS) is 12.2. The van der Waals surface area contributed by atoms with Gasteiger partial charge in [0.1, 0.15) is 5.82 Å². The Bertz CT molecular complexity index is 326. The van der Waals surface area contributed by atoms with Crippen molar-refractivity contribution in [2.75, 3.05) is 23.8 Å². The standard InChI is InChI=1S/C11H20N4O/c1-4-9(7-16)14-10-8(3)6-13-11(15-10)12-5-2/h6,9,16H,4-5,7H2,1-3H3,(H2,12,13,14,15). The predicted molar refractivity (Wildman–Crippen MR) is 65.7 cm³/mol. The van der Waals surface area contributed by atoms with Gasteiger partial charge in [-0.3, -0.25) is 0 Å². The van der Waals surface area contributed by atoms with Crippen LogP contribution in [0, 0.1) is 6.92 Å². The van der Waals surface area contributed by atoms with Crippen LogP contribution in [0.5, 0.6) is 0 Å². The molecule has 0 aliphatic carbocycles. The van der Waals surface area contributed by atoms with Crippen LogP contribution < -0.4 is 10.6 Å². The monoisotopic (exact) mass is 224 g/mol. The number of nitrogens with one attached hydrogen (secondary N) is 2. The number of aliphatic hydroxyl groups excluding tert-OH is 1. The number of rotatable bonds is 6. The fourth-order valence-corrected chi connectivity index (χ4v) is 1.30. The molecule has 0 spiro atoms. The molecule has 0 aliphatic heterocycles. The van der Waals surface area contributed by atoms with E-state index in [1.165, 1.54) is 0 Å². The zero-order chi connectivity index (χ0) is 12.0. The zero-order valence-corrected chi connectivity index (χ0v) is 10.1. The number of nitrogens with zero attached hydrogens (tertiary/aromatic N) is 2. The smallest absolute Gasteiger partial charge is 0.224 e. The molecule has 0 fully saturated rings. The minimum Gasteiger partial charge on any atom is -0.394 e. The summed E-state index contributed by atoms with van der Waals surface area (Å²) in [5.41, 5.74) is 0.980. The Morgan fingerprint density at radius 1 is 1.44 bits per heavy atom. The lowest BCUT2D eigenvalue weighted by Crippen LogP contribution is -2.24. The van der Waals surface area contributed by atoms with Gasteiger partial charge in [0.25, 0.3) is 0 Å². The average Bonchev–Trinajstić information content (AvgIpc) is 2.30. The van der Waals surface area contributed by atoms with E-state index in [4.69, 9.17) is 5.11 Å². The summed E-state index contributed by atoms with van der Waals surface area (Å²) in [7, 11) is 0. The van der Waals surface area contributed by atoms with Crippen molar-refractivity contribution in [1.82, 2.24) is 9.97 Å². The van der Waals surface area contributed by atoms with Crippen LogP contribution in [-0.4, -0.2) is 34.3 Å². The van der Waals surface area contributed by atoms with Crippen LogP contribution in [0.4, 0.5) is 11.8 Å². The fraction of sp³-hybridized carbons (Fsp3) is 0.636. The van der Waals surface area contributed by atoms with Crippen LogP contribution in [-0.2, 0) is 0 Å². The molecule has 1 aromatic rings. The van der Waals surface area contributed by atoms with Gasteiger partial charge in [0.15, 0.2) is 0 Å². The minimum absolute atomic E-state index is 0.0445. The summed E-state index contributed by atoms with van der Waals surface area (Å²) in [5, 5.41) is 15.4. The summed E-state index contributed by atoms with van der Waals surface area (Å²) in [6, 6.07) is 0.0445. The van der Waals surface area contributed by atoms with E-state index in [0.29, 0.717) is 5.95 Å². The quantitative estimate of drug-likeness (QED) is 0.681. The van der Waals surface area contributed by atoms with Gasteiger partial charge in [0.2, 0.25) is 5.95 Å². The molecule has 90 valence electrons. The molecule has 3 N–H and O–H groups in total. The summed E-state index contributed by atoms with van der Waals surface area (Å²) >= 11 is 0. The lowest BCUT2D eigenvalue weighted by Gasteiger charge is -2.16. The van der Waals surface area contributed by atoms with Crippen LogP contribution in [0.3, 0.4) is 0 Å². The van der Waals surface area contributed by atoms with Gasteiger partial charge in [0.05, 0.1) is 12.6 Å². The molecule has 0 amide bonds. The Labute approximate surface area is 96.3 Å². The van der Waals surface area contributed by atoms with Crippen LogP contribution >= 0.6 is 0 Å². The first-order chi connectivity index (χ1) is 7.71. The molecule has 5 heteroatoms. The van der Waals surface area contributed by atoms with Gasteiger partial charge >= 0.3 is 0 Å². The highest BCUT2D eigenvalue weighted by Gasteiger charge is 2.08. The second-order valence-electron chi connectivity index (χ2n) is 3.69. The molecule has 16 heavy (non-hydrogen) atoms. The Balaban J connectivity index is 2.80. The Morgan fingerprint density at radius 2 is 2.19 bits per heavy atom. The van der Waals surface area contributed by atoms with Gasteiger partial charge in [-0.15, -0.1) is 0 Å². The average molecular weight is 224 g/mol. The van der Waals surface area contributed by atoms with Crippen molar-refractivity contribution < 1.29 is 5.11 Å². The lowest BCUT2D eigenvalue weighted by molar-refractivity contribution is 0.271. The Kier molecular flexibility index (Phi) is 4.98. The SMILES string of the molecule is CCNc1ncc(C)c(NC(CC)CO)n1. The van der Waals surface area contributed by atoms with Gasteiger partial charge in [-0.1, -0.05) is 6.92 Å². The molecule has 0 saturated heterocycles. The number of hydrogen-bond donors (Lipinski definition) is 3. The molecule has 0 radical (unpaired) electrons. The highest BCUT2D eigenvalue weighted by atomic mass is 16.3. The number of aromatic nitrogens is 2. The van der Waals surface area contributed by atoms with Crippen LogP contribution in [0.2, 0.25) is 0 Å². The Hall–Kier alpha value is -1.36. The molecule has 0 aromatic carbocycles. The summed E-state index contributed by atoms with van der Waals surface area (Å²) in [5.74, 6) is 1.40. The third-order valence-electron chi connectivity index (χ3n) is 2.36. The maximum Gasteiger partial charge on any atom is 0.224 e. The van der Waals surface area contributed by atoms with Gasteiger partial charge < -0.3 is 15.7 Å². The second-order valence-corrected chi connectivity index (χ2v) is 3.69. The maximum absolute atomic E-state index is 9.13. The van der Waals surface area contributed by atoms with Gasteiger partial charge in [-0.25, -0.2) is 4.98 Å². The molecule has 0 saturated carbocycles. The van der Waals surface area contributed by atoms with Gasteiger partial charge in [-0.05, 0) is 20.3 Å². The summed E-state index contributed by atoms with van der Waals surface area (Å²) in [4.78, 5) is 8.52. The van der Waals surface area contributed by atoms with Crippen molar-refractivity contribution in [1.29, 1.82) is 0 Å². The van der Waals surface area contributed by atoms with Crippen molar-refractivity contribution in [3.05, 3.63) is 11.8 Å². The van der Waals surface area contributed by atoms with E-state index in [-0.39, 0.29) is 12.6 Å². The Morgan fingerprint density at radius 3 is 2.75 bits per heavy atom. The van der Waals surface area contributed by atoms with E-state index in [9.17, 15) is 0 Å². The fourth-order valence-electron chi connectivity index (χ4n) is 1.30. The van der Waals surface area contributed by atoms with Crippen molar-refractivity contribution in [2.45, 2.75) is 33.2 Å². The first-order valence-corrected chi connectivity index (χ1v) is 5.66. The van der Waals surface area contributed by atoms with E-state index < -0.39 is 0 Å². The first kappa shape index (κ1) is 12.7. The van der Waals surface area contributed by atoms with Gasteiger partial charge in [-0.2, -0.15) is 4.98 Å². The van der Waals surface area contributed by atoms with E-state index in [1.54, 1.807) is 6.20 Å². The molecule has 0 bridgehead atoms. The second kappa shape index (κ2) is 6.27. The highest BCUT2D eigenvalue weighted by molar-refractivity contribution is 5.47. The number of anilines is 2. The molecule has 0 aliphatic rings. The molecule has 1 atom stereocenters. The first-order valence-electron chi connectivity index (χ1n) is 5.66. The molecule has 1 unspecified atom stereocenters. The van der Waals surface area contributed by atoms with Crippen molar-refractivity contribution in [2.24, 2.45) is 0 Å². The zero-order valence-electron chi connectivity index (χ0n) is 10.1. The topological polar surface area (TPSA) is 70.1 Å². The third-order valence-corrected chi connectivity index (χ3v) is 2.36. The highest BCUT2D eigenvalue weighted by Crippen LogP contribution is 2.14. The van der Waals surface area contributed by atoms with E-state index in [0.717, 1.165) is 24.3 Å². The molecular formula is C11H20N4O. The summed E-state index contributed by atoms with van der Waals surface area (Å²) in [6.07, 6.45) is 2.63. The van der Waals surface area contributed by atoms with Crippen molar-refractivity contribution >= 4 is 11.8 Å². The number of hydrogen-bond acceptors (Lipinski definition) is 5. The van der Waals surface area contributed by atoms with Gasteiger partial charge in [0, 0.05) is 18.3 Å². The van der Waals surface area contributed by atoms with Crippen LogP contribution in [0.1, 0.15) is 25.8 Å². The van der Waals surface area contributed by atoms with Crippen LogP contribution in [0.25, 0.3) is 0 Å². The molecule has 5 nitrogen and oxygen atoms in total. The third kappa shape index (κ3) is 3.34. The lowest BCUT2D eigenvalue weighted by atomic mass is 10.2. The largest absolute Gasteiger partial charge is 0.394 e. The van der Waals surface area contributed by atoms with E-state index in [2.05, 4.69) is 20.6 Å². The maximum atomic E-state index is 9.13. The molecule has 1 heterocycles. The molecule has 1 rings (SSSR count). The van der Waals surface area contributed by atoms with Crippen molar-refractivity contribution in [3.63, 3.8) is 0 Å². The molecule has 1 aromatic heterocycles. The van der Waals surface area contributed by atoms with E-state index >= 15 is 0 Å². The predicted octanol–water partition coefficient (Wildman–Crippen LogP) is 1.40. The van der Waals surface area contributed by atoms with Crippen LogP contribution in [0.15, 0.2) is 6.20 Å². The minimum atomic E-state index is 0.0445.